The highest BCUT2D eigenvalue weighted by Gasteiger charge is 2.25. The van der Waals surface area contributed by atoms with E-state index in [2.05, 4.69) is 18.8 Å². The summed E-state index contributed by atoms with van der Waals surface area (Å²) >= 11 is 0. The molecule has 0 atom stereocenters. The molecule has 0 aromatic heterocycles. The van der Waals surface area contributed by atoms with E-state index in [9.17, 15) is 14.7 Å². The molecule has 0 radical (unpaired) electrons. The predicted octanol–water partition coefficient (Wildman–Crippen LogP) is 7.23. The van der Waals surface area contributed by atoms with Crippen molar-refractivity contribution in [1.82, 2.24) is 5.32 Å². The van der Waals surface area contributed by atoms with E-state index in [1.54, 1.807) is 19.1 Å². The molecule has 1 saturated carbocycles. The summed E-state index contributed by atoms with van der Waals surface area (Å²) in [6.45, 7) is 14.3. The Hall–Kier alpha value is -2.89. The van der Waals surface area contributed by atoms with E-state index in [1.165, 1.54) is 6.07 Å². The Morgan fingerprint density at radius 1 is 1.14 bits per heavy atom. The summed E-state index contributed by atoms with van der Waals surface area (Å²) in [6, 6.07) is 4.69. The fourth-order valence-corrected chi connectivity index (χ4v) is 4.73. The summed E-state index contributed by atoms with van der Waals surface area (Å²) in [6.07, 6.45) is 5.97. The van der Waals surface area contributed by atoms with E-state index in [-0.39, 0.29) is 29.5 Å². The fraction of sp³-hybridized carbons (Fsp3) is 0.533. The minimum absolute atomic E-state index is 0.0873. The number of allylic oxidation sites excluding steroid dienone is 2. The second-order valence-electron chi connectivity index (χ2n) is 9.98. The highest BCUT2D eigenvalue weighted by atomic mass is 19.1. The van der Waals surface area contributed by atoms with Gasteiger partial charge in [0.15, 0.2) is 0 Å². The molecule has 0 heterocycles. The number of rotatable bonds is 12. The molecule has 2 rings (SSSR count). The molecular formula is C30H42FNO4. The minimum Gasteiger partial charge on any atom is -0.494 e. The van der Waals surface area contributed by atoms with Crippen LogP contribution in [0, 0.1) is 11.7 Å². The first-order valence-electron chi connectivity index (χ1n) is 13.1. The van der Waals surface area contributed by atoms with Gasteiger partial charge in [-0.1, -0.05) is 39.3 Å². The zero-order valence-corrected chi connectivity index (χ0v) is 22.5. The van der Waals surface area contributed by atoms with Gasteiger partial charge < -0.3 is 15.2 Å². The first-order chi connectivity index (χ1) is 17.1. The van der Waals surface area contributed by atoms with Crippen LogP contribution in [-0.2, 0) is 9.59 Å². The van der Waals surface area contributed by atoms with Crippen molar-refractivity contribution in [1.29, 1.82) is 0 Å². The highest BCUT2D eigenvalue weighted by molar-refractivity contribution is 6.02. The third-order valence-electron chi connectivity index (χ3n) is 6.91. The number of hydrogen-bond donors (Lipinski definition) is 2. The Morgan fingerprint density at radius 2 is 1.81 bits per heavy atom. The number of ether oxygens (including phenoxy) is 1. The Balaban J connectivity index is 2.57. The molecule has 2 N–H and O–H groups in total. The number of hydrogen-bond acceptors (Lipinski definition) is 3. The highest BCUT2D eigenvalue weighted by Crippen LogP contribution is 2.37. The van der Waals surface area contributed by atoms with E-state index >= 15 is 4.39 Å². The van der Waals surface area contributed by atoms with Crippen LogP contribution in [0.1, 0.15) is 91.5 Å². The van der Waals surface area contributed by atoms with Crippen molar-refractivity contribution >= 4 is 17.4 Å². The number of carbonyl (C=O) groups excluding carboxylic acids is 1. The summed E-state index contributed by atoms with van der Waals surface area (Å²) in [4.78, 5) is 25.0. The van der Waals surface area contributed by atoms with Gasteiger partial charge in [0, 0.05) is 23.2 Å². The van der Waals surface area contributed by atoms with Gasteiger partial charge in [-0.25, -0.2) is 4.39 Å². The lowest BCUT2D eigenvalue weighted by molar-refractivity contribution is -0.136. The first kappa shape index (κ1) is 29.3. The van der Waals surface area contributed by atoms with Gasteiger partial charge in [-0.05, 0) is 87.1 Å². The Labute approximate surface area is 215 Å². The van der Waals surface area contributed by atoms with E-state index < -0.39 is 11.8 Å². The number of amides is 1. The first-order valence-corrected chi connectivity index (χ1v) is 13.1. The predicted molar refractivity (Wildman–Crippen MR) is 143 cm³/mol. The molecule has 0 unspecified atom stereocenters. The average molecular weight is 500 g/mol. The largest absolute Gasteiger partial charge is 0.494 e. The van der Waals surface area contributed by atoms with Crippen LogP contribution in [0.2, 0.25) is 0 Å². The molecule has 1 fully saturated rings. The smallest absolute Gasteiger partial charge is 0.307 e. The Kier molecular flexibility index (Phi) is 11.4. The summed E-state index contributed by atoms with van der Waals surface area (Å²) in [5.74, 6) is -0.768. The third-order valence-corrected chi connectivity index (χ3v) is 6.91. The van der Waals surface area contributed by atoms with Crippen LogP contribution in [0.25, 0.3) is 5.57 Å². The van der Waals surface area contributed by atoms with Crippen LogP contribution >= 0.6 is 0 Å². The number of nitrogens with one attached hydrogen (secondary N) is 1. The SMILES string of the molecule is C=C(C(=O)NC1CCC(C)CC1)/C(C)=C(\C(CC(=O)O)=C(\C)CCC)c1ccc(OCCC)cc1F. The summed E-state index contributed by atoms with van der Waals surface area (Å²) in [5.41, 5.74) is 2.73. The molecule has 1 aliphatic carbocycles. The van der Waals surface area contributed by atoms with Crippen molar-refractivity contribution < 1.29 is 23.8 Å². The van der Waals surface area contributed by atoms with E-state index in [0.29, 0.717) is 41.4 Å². The number of aliphatic carboxylic acids is 1. The standard InChI is InChI=1S/C30H42FNO4/c1-7-9-20(4)26(18-28(33)34)29(25-15-14-24(17-27(25)31)36-16-8-2)21(5)22(6)30(35)32-23-12-10-19(3)11-13-23/h14-15,17,19,23H,6-13,16,18H2,1-5H3,(H,32,35)(H,33,34)/b26-20-,29-21-. The monoisotopic (exact) mass is 499 g/mol. The average Bonchev–Trinajstić information content (AvgIpc) is 2.84. The maximum absolute atomic E-state index is 15.5. The van der Waals surface area contributed by atoms with Crippen LogP contribution in [0.3, 0.4) is 0 Å². The summed E-state index contributed by atoms with van der Waals surface area (Å²) in [5, 5.41) is 12.8. The number of benzene rings is 1. The quantitative estimate of drug-likeness (QED) is 0.235. The Morgan fingerprint density at radius 3 is 2.36 bits per heavy atom. The number of carboxylic acids is 1. The summed E-state index contributed by atoms with van der Waals surface area (Å²) in [7, 11) is 0. The molecule has 0 saturated heterocycles. The van der Waals surface area contributed by atoms with Crippen LogP contribution < -0.4 is 10.1 Å². The molecule has 1 amide bonds. The van der Waals surface area contributed by atoms with Gasteiger partial charge in [-0.15, -0.1) is 0 Å². The van der Waals surface area contributed by atoms with Gasteiger partial charge in [-0.3, -0.25) is 9.59 Å². The molecule has 1 aromatic rings. The van der Waals surface area contributed by atoms with Gasteiger partial charge in [0.1, 0.15) is 11.6 Å². The molecular weight excluding hydrogens is 457 g/mol. The second-order valence-corrected chi connectivity index (χ2v) is 9.98. The van der Waals surface area contributed by atoms with Crippen molar-refractivity contribution in [3.63, 3.8) is 0 Å². The number of halogens is 1. The van der Waals surface area contributed by atoms with Crippen molar-refractivity contribution in [2.75, 3.05) is 6.61 Å². The molecule has 0 bridgehead atoms. The lowest BCUT2D eigenvalue weighted by Crippen LogP contribution is -2.38. The maximum atomic E-state index is 15.5. The van der Waals surface area contributed by atoms with E-state index in [4.69, 9.17) is 4.74 Å². The molecule has 5 nitrogen and oxygen atoms in total. The normalized spacial score (nSPS) is 19.2. The van der Waals surface area contributed by atoms with Crippen LogP contribution in [-0.4, -0.2) is 29.6 Å². The van der Waals surface area contributed by atoms with Crippen molar-refractivity contribution in [3.8, 4) is 5.75 Å². The minimum atomic E-state index is -1.01. The lowest BCUT2D eigenvalue weighted by atomic mass is 9.84. The van der Waals surface area contributed by atoms with Crippen LogP contribution in [0.4, 0.5) is 4.39 Å². The molecule has 6 heteroatoms. The van der Waals surface area contributed by atoms with Gasteiger partial charge in [0.2, 0.25) is 0 Å². The molecule has 198 valence electrons. The van der Waals surface area contributed by atoms with E-state index in [1.807, 2.05) is 20.8 Å². The van der Waals surface area contributed by atoms with Gasteiger partial charge in [-0.2, -0.15) is 0 Å². The third kappa shape index (κ3) is 8.07. The topological polar surface area (TPSA) is 75.6 Å². The molecule has 1 aromatic carbocycles. The van der Waals surface area contributed by atoms with Crippen LogP contribution in [0.15, 0.2) is 47.1 Å². The van der Waals surface area contributed by atoms with Gasteiger partial charge >= 0.3 is 5.97 Å². The molecule has 0 spiro atoms. The lowest BCUT2D eigenvalue weighted by Gasteiger charge is -2.27. The Bertz CT molecular complexity index is 1020. The number of carboxylic acid groups (broad SMARTS) is 1. The van der Waals surface area contributed by atoms with Crippen LogP contribution in [0.5, 0.6) is 5.75 Å². The fourth-order valence-electron chi connectivity index (χ4n) is 4.73. The van der Waals surface area contributed by atoms with Crippen molar-refractivity contribution in [2.24, 2.45) is 5.92 Å². The van der Waals surface area contributed by atoms with E-state index in [0.717, 1.165) is 44.1 Å². The zero-order chi connectivity index (χ0) is 26.8. The molecule has 1 aliphatic rings. The number of carbonyl (C=O) groups is 2. The molecule has 0 aliphatic heterocycles. The molecule has 36 heavy (non-hydrogen) atoms. The van der Waals surface area contributed by atoms with Gasteiger partial charge in [0.05, 0.1) is 13.0 Å². The maximum Gasteiger partial charge on any atom is 0.307 e. The zero-order valence-electron chi connectivity index (χ0n) is 22.5. The van der Waals surface area contributed by atoms with Gasteiger partial charge in [0.25, 0.3) is 5.91 Å². The van der Waals surface area contributed by atoms with Crippen molar-refractivity contribution in [2.45, 2.75) is 92.0 Å². The van der Waals surface area contributed by atoms with Crippen molar-refractivity contribution in [3.05, 3.63) is 58.5 Å². The summed E-state index contributed by atoms with van der Waals surface area (Å²) < 4.78 is 21.1. The second kappa shape index (κ2) is 14.0.